The molecule has 30 heavy (non-hydrogen) atoms. The minimum absolute atomic E-state index is 0.136. The molecular weight excluding hydrogens is 380 g/mol. The quantitative estimate of drug-likeness (QED) is 0.389. The molecule has 1 aliphatic heterocycles. The van der Waals surface area contributed by atoms with E-state index in [0.29, 0.717) is 17.9 Å². The van der Waals surface area contributed by atoms with Crippen molar-refractivity contribution in [2.45, 2.75) is 6.92 Å². The van der Waals surface area contributed by atoms with Crippen molar-refractivity contribution in [3.8, 4) is 16.9 Å². The second-order valence-electron chi connectivity index (χ2n) is 7.70. The summed E-state index contributed by atoms with van der Waals surface area (Å²) >= 11 is 0. The zero-order valence-corrected chi connectivity index (χ0v) is 17.0. The SMILES string of the molecule is Cc1nn(-c2ccc3cc([N+]4(C)CN(C)C=N4)c(=O)oc3c2)nc1-c1ccccc1. The number of rotatable bonds is 3. The van der Waals surface area contributed by atoms with Gasteiger partial charge in [-0.05, 0) is 19.1 Å². The van der Waals surface area contributed by atoms with E-state index in [-0.39, 0.29) is 4.59 Å². The molecule has 0 fully saturated rings. The number of aromatic nitrogens is 3. The molecular formula is C22H21N6O2+. The fourth-order valence-corrected chi connectivity index (χ4v) is 3.75. The Kier molecular flexibility index (Phi) is 4.04. The normalized spacial score (nSPS) is 18.4. The van der Waals surface area contributed by atoms with Gasteiger partial charge < -0.3 is 9.32 Å². The molecule has 0 saturated heterocycles. The fraction of sp³-hybridized carbons (Fsp3) is 0.182. The lowest BCUT2D eigenvalue weighted by atomic mass is 10.1. The highest BCUT2D eigenvalue weighted by molar-refractivity contribution is 5.81. The summed E-state index contributed by atoms with van der Waals surface area (Å²) < 4.78 is 5.79. The van der Waals surface area contributed by atoms with Crippen molar-refractivity contribution < 1.29 is 4.42 Å². The number of hydrogen-bond donors (Lipinski definition) is 0. The molecule has 4 aromatic rings. The van der Waals surface area contributed by atoms with E-state index in [1.807, 2.05) is 74.4 Å². The molecule has 0 spiro atoms. The first kappa shape index (κ1) is 18.3. The molecule has 0 bridgehead atoms. The van der Waals surface area contributed by atoms with Gasteiger partial charge in [0.15, 0.2) is 13.0 Å². The largest absolute Gasteiger partial charge is 0.418 e. The van der Waals surface area contributed by atoms with Crippen molar-refractivity contribution in [2.24, 2.45) is 5.10 Å². The highest BCUT2D eigenvalue weighted by Gasteiger charge is 2.35. The van der Waals surface area contributed by atoms with E-state index in [9.17, 15) is 4.79 Å². The molecule has 0 saturated carbocycles. The van der Waals surface area contributed by atoms with Gasteiger partial charge in [0.1, 0.15) is 18.3 Å². The summed E-state index contributed by atoms with van der Waals surface area (Å²) in [6.45, 7) is 2.50. The van der Waals surface area contributed by atoms with E-state index >= 15 is 0 Å². The Morgan fingerprint density at radius 2 is 1.87 bits per heavy atom. The van der Waals surface area contributed by atoms with Gasteiger partial charge in [-0.15, -0.1) is 9.69 Å². The first-order valence-electron chi connectivity index (χ1n) is 9.63. The Morgan fingerprint density at radius 3 is 2.60 bits per heavy atom. The van der Waals surface area contributed by atoms with Crippen LogP contribution in [0.5, 0.6) is 0 Å². The van der Waals surface area contributed by atoms with Crippen molar-refractivity contribution in [3.63, 3.8) is 0 Å². The molecule has 0 radical (unpaired) electrons. The van der Waals surface area contributed by atoms with Crippen molar-refractivity contribution in [2.75, 3.05) is 20.8 Å². The summed E-state index contributed by atoms with van der Waals surface area (Å²) in [5.74, 6) is 0. The van der Waals surface area contributed by atoms with E-state index in [1.165, 1.54) is 0 Å². The molecule has 3 heterocycles. The molecule has 1 aliphatic rings. The first-order chi connectivity index (χ1) is 14.4. The maximum Gasteiger partial charge on any atom is 0.400 e. The number of fused-ring (bicyclic) bond motifs is 1. The van der Waals surface area contributed by atoms with Crippen LogP contribution in [-0.2, 0) is 0 Å². The van der Waals surface area contributed by atoms with Gasteiger partial charge in [0.2, 0.25) is 5.69 Å². The second-order valence-corrected chi connectivity index (χ2v) is 7.70. The smallest absolute Gasteiger partial charge is 0.400 e. The van der Waals surface area contributed by atoms with Crippen LogP contribution in [0.1, 0.15) is 5.69 Å². The van der Waals surface area contributed by atoms with Crippen LogP contribution in [-0.4, -0.2) is 47.0 Å². The third-order valence-electron chi connectivity index (χ3n) is 5.28. The Balaban J connectivity index is 1.56. The Morgan fingerprint density at radius 1 is 1.07 bits per heavy atom. The zero-order chi connectivity index (χ0) is 20.9. The average Bonchev–Trinajstić information content (AvgIpc) is 3.30. The number of nitrogens with zero attached hydrogens (tertiary/aromatic N) is 6. The Bertz CT molecular complexity index is 1340. The van der Waals surface area contributed by atoms with Crippen LogP contribution in [0, 0.1) is 6.92 Å². The number of aryl methyl sites for hydroxylation is 1. The van der Waals surface area contributed by atoms with Crippen LogP contribution in [0.25, 0.3) is 27.9 Å². The summed E-state index contributed by atoms with van der Waals surface area (Å²) in [4.78, 5) is 16.2. The summed E-state index contributed by atoms with van der Waals surface area (Å²) in [5, 5.41) is 14.5. The molecule has 8 heteroatoms. The monoisotopic (exact) mass is 401 g/mol. The molecule has 0 aliphatic carbocycles. The molecule has 150 valence electrons. The van der Waals surface area contributed by atoms with E-state index in [1.54, 1.807) is 17.2 Å². The fourth-order valence-electron chi connectivity index (χ4n) is 3.75. The molecule has 1 atom stereocenters. The van der Waals surface area contributed by atoms with Crippen LogP contribution in [0.2, 0.25) is 0 Å². The number of benzene rings is 2. The van der Waals surface area contributed by atoms with Crippen LogP contribution >= 0.6 is 0 Å². The lowest BCUT2D eigenvalue weighted by Crippen LogP contribution is -2.43. The summed E-state index contributed by atoms with van der Waals surface area (Å²) in [6, 6.07) is 17.4. The lowest BCUT2D eigenvalue weighted by Gasteiger charge is -2.22. The predicted octanol–water partition coefficient (Wildman–Crippen LogP) is 3.13. The maximum absolute atomic E-state index is 12.7. The van der Waals surface area contributed by atoms with Crippen LogP contribution in [0.3, 0.4) is 0 Å². The van der Waals surface area contributed by atoms with Crippen molar-refractivity contribution in [3.05, 3.63) is 70.7 Å². The standard InChI is InChI=1S/C22H21N6O2/c1-15-21(16-7-5-4-6-8-16)25-27(24-15)18-10-9-17-11-19(22(29)30-20(17)12-18)28(3)14-26(2)13-23-28/h4-13H,14H2,1-3H3/q+1. The Labute approximate surface area is 172 Å². The Hall–Kier alpha value is -3.78. The van der Waals surface area contributed by atoms with Gasteiger partial charge in [-0.3, -0.25) is 0 Å². The second kappa shape index (κ2) is 6.64. The van der Waals surface area contributed by atoms with E-state index < -0.39 is 5.63 Å². The van der Waals surface area contributed by atoms with Crippen molar-refractivity contribution >= 4 is 23.0 Å². The highest BCUT2D eigenvalue weighted by atomic mass is 16.4. The third-order valence-corrected chi connectivity index (χ3v) is 5.28. The molecule has 0 amide bonds. The predicted molar refractivity (Wildman–Crippen MR) is 116 cm³/mol. The van der Waals surface area contributed by atoms with Gasteiger partial charge in [-0.2, -0.15) is 9.90 Å². The molecule has 0 N–H and O–H groups in total. The van der Waals surface area contributed by atoms with Gasteiger partial charge in [0.25, 0.3) is 0 Å². The molecule has 2 aromatic carbocycles. The van der Waals surface area contributed by atoms with Crippen LogP contribution < -0.4 is 10.2 Å². The topological polar surface area (TPSA) is 76.5 Å². The number of hydrogen-bond acceptors (Lipinski definition) is 6. The van der Waals surface area contributed by atoms with Crippen LogP contribution in [0.15, 0.2) is 68.9 Å². The van der Waals surface area contributed by atoms with Gasteiger partial charge in [0.05, 0.1) is 11.4 Å². The minimum Gasteiger partial charge on any atom is -0.418 e. The van der Waals surface area contributed by atoms with E-state index in [0.717, 1.165) is 28.0 Å². The summed E-state index contributed by atoms with van der Waals surface area (Å²) in [5.41, 5.74) is 3.96. The maximum atomic E-state index is 12.7. The summed E-state index contributed by atoms with van der Waals surface area (Å²) in [7, 11) is 3.80. The van der Waals surface area contributed by atoms with Gasteiger partial charge in [0, 0.05) is 30.1 Å². The van der Waals surface area contributed by atoms with E-state index in [2.05, 4.69) is 15.3 Å². The van der Waals surface area contributed by atoms with Gasteiger partial charge in [-0.25, -0.2) is 4.79 Å². The van der Waals surface area contributed by atoms with Gasteiger partial charge >= 0.3 is 5.63 Å². The first-order valence-corrected chi connectivity index (χ1v) is 9.63. The molecule has 2 aromatic heterocycles. The van der Waals surface area contributed by atoms with Crippen molar-refractivity contribution in [1.82, 2.24) is 24.5 Å². The molecule has 1 unspecified atom stereocenters. The third kappa shape index (κ3) is 2.98. The van der Waals surface area contributed by atoms with Crippen LogP contribution in [0.4, 0.5) is 5.69 Å². The minimum atomic E-state index is -0.399. The van der Waals surface area contributed by atoms with Gasteiger partial charge in [-0.1, -0.05) is 35.4 Å². The zero-order valence-electron chi connectivity index (χ0n) is 17.0. The highest BCUT2D eigenvalue weighted by Crippen LogP contribution is 2.27. The summed E-state index contributed by atoms with van der Waals surface area (Å²) in [6.07, 6.45) is 1.72. The van der Waals surface area contributed by atoms with Crippen molar-refractivity contribution in [1.29, 1.82) is 0 Å². The molecule has 8 nitrogen and oxygen atoms in total. The average molecular weight is 401 g/mol. The lowest BCUT2D eigenvalue weighted by molar-refractivity contribution is 0.292. The molecule has 5 rings (SSSR count). The van der Waals surface area contributed by atoms with E-state index in [4.69, 9.17) is 4.42 Å². The number of quaternary nitrogens is 1.